The molecule has 0 aromatic heterocycles. The van der Waals surface area contributed by atoms with E-state index in [4.69, 9.17) is 4.74 Å². The first-order chi connectivity index (χ1) is 8.45. The maximum atomic E-state index is 5.51. The summed E-state index contributed by atoms with van der Waals surface area (Å²) in [5.41, 5.74) is 0.128. The molecule has 0 heterocycles. The van der Waals surface area contributed by atoms with E-state index in [1.54, 1.807) is 14.2 Å². The van der Waals surface area contributed by atoms with Gasteiger partial charge in [0.1, 0.15) is 0 Å². The number of hydrogen-bond donors (Lipinski definition) is 2. The van der Waals surface area contributed by atoms with E-state index in [2.05, 4.69) is 43.3 Å². The molecule has 1 unspecified atom stereocenters. The Morgan fingerprint density at radius 1 is 1.22 bits per heavy atom. The van der Waals surface area contributed by atoms with Crippen LogP contribution in [0.15, 0.2) is 4.99 Å². The van der Waals surface area contributed by atoms with Gasteiger partial charge < -0.3 is 15.4 Å². The van der Waals surface area contributed by atoms with Gasteiger partial charge >= 0.3 is 0 Å². The largest absolute Gasteiger partial charge is 0.379 e. The second-order valence-electron chi connectivity index (χ2n) is 5.68. The Bertz CT molecular complexity index is 234. The van der Waals surface area contributed by atoms with Gasteiger partial charge in [-0.1, -0.05) is 40.5 Å². The lowest BCUT2D eigenvalue weighted by atomic mass is 9.89. The summed E-state index contributed by atoms with van der Waals surface area (Å²) in [4.78, 5) is 4.21. The van der Waals surface area contributed by atoms with E-state index < -0.39 is 0 Å². The number of nitrogens with zero attached hydrogens (tertiary/aromatic N) is 1. The molecule has 0 bridgehead atoms. The molecule has 0 radical (unpaired) electrons. The number of unbranched alkanes of at least 4 members (excludes halogenated alkanes) is 2. The Morgan fingerprint density at radius 2 is 1.89 bits per heavy atom. The number of aliphatic imine (C=N–C) groups is 1. The number of methoxy groups -OCH3 is 1. The predicted octanol–water partition coefficient (Wildman–Crippen LogP) is 2.40. The highest BCUT2D eigenvalue weighted by molar-refractivity contribution is 5.79. The van der Waals surface area contributed by atoms with Gasteiger partial charge in [-0.05, 0) is 11.8 Å². The molecular weight excluding hydrogens is 226 g/mol. The fourth-order valence-corrected chi connectivity index (χ4v) is 1.73. The van der Waals surface area contributed by atoms with Crippen LogP contribution in [0.1, 0.15) is 47.0 Å². The molecule has 4 nitrogen and oxygen atoms in total. The van der Waals surface area contributed by atoms with Crippen molar-refractivity contribution in [2.45, 2.75) is 53.1 Å². The number of nitrogens with one attached hydrogen (secondary N) is 2. The number of ether oxygens (including phenoxy) is 1. The molecule has 1 atom stereocenters. The summed E-state index contributed by atoms with van der Waals surface area (Å²) < 4.78 is 5.51. The molecule has 2 N–H and O–H groups in total. The highest BCUT2D eigenvalue weighted by Gasteiger charge is 2.24. The van der Waals surface area contributed by atoms with Gasteiger partial charge in [-0.2, -0.15) is 0 Å². The van der Waals surface area contributed by atoms with Crippen LogP contribution in [0.25, 0.3) is 0 Å². The van der Waals surface area contributed by atoms with Crippen LogP contribution in [0.3, 0.4) is 0 Å². The SMILES string of the molecule is CCCCCNC(=NC)NCC(OC)C(C)(C)C. The normalized spacial score (nSPS) is 14.4. The molecule has 0 aliphatic heterocycles. The zero-order valence-corrected chi connectivity index (χ0v) is 13.0. The van der Waals surface area contributed by atoms with Crippen molar-refractivity contribution in [2.75, 3.05) is 27.2 Å². The molecule has 0 saturated heterocycles. The second-order valence-corrected chi connectivity index (χ2v) is 5.68. The molecule has 0 spiro atoms. The molecule has 0 aliphatic carbocycles. The third-order valence-electron chi connectivity index (χ3n) is 3.00. The Morgan fingerprint density at radius 3 is 2.33 bits per heavy atom. The van der Waals surface area contributed by atoms with Gasteiger partial charge in [0.25, 0.3) is 0 Å². The van der Waals surface area contributed by atoms with Crippen LogP contribution < -0.4 is 10.6 Å². The van der Waals surface area contributed by atoms with Gasteiger partial charge in [0.05, 0.1) is 6.10 Å². The lowest BCUT2D eigenvalue weighted by Crippen LogP contribution is -2.45. The van der Waals surface area contributed by atoms with Crippen molar-refractivity contribution in [3.05, 3.63) is 0 Å². The molecule has 0 aromatic rings. The predicted molar refractivity (Wildman–Crippen MR) is 79.1 cm³/mol. The third-order valence-corrected chi connectivity index (χ3v) is 3.00. The molecule has 4 heteroatoms. The van der Waals surface area contributed by atoms with Crippen LogP contribution in [0.2, 0.25) is 0 Å². The van der Waals surface area contributed by atoms with Crippen molar-refractivity contribution < 1.29 is 4.74 Å². The van der Waals surface area contributed by atoms with Crippen LogP contribution in [0, 0.1) is 5.41 Å². The van der Waals surface area contributed by atoms with Gasteiger partial charge in [0.2, 0.25) is 0 Å². The number of rotatable bonds is 7. The molecule has 0 rings (SSSR count). The number of hydrogen-bond acceptors (Lipinski definition) is 2. The first-order valence-corrected chi connectivity index (χ1v) is 6.93. The molecule has 0 saturated carbocycles. The van der Waals surface area contributed by atoms with Gasteiger partial charge in [-0.15, -0.1) is 0 Å². The smallest absolute Gasteiger partial charge is 0.191 e. The van der Waals surface area contributed by atoms with E-state index in [-0.39, 0.29) is 11.5 Å². The minimum atomic E-state index is 0.128. The van der Waals surface area contributed by atoms with E-state index in [1.165, 1.54) is 19.3 Å². The Balaban J connectivity index is 3.99. The molecule has 0 aromatic carbocycles. The van der Waals surface area contributed by atoms with E-state index in [0.717, 1.165) is 19.0 Å². The summed E-state index contributed by atoms with van der Waals surface area (Å²) >= 11 is 0. The molecule has 0 fully saturated rings. The van der Waals surface area contributed by atoms with Gasteiger partial charge in [-0.3, -0.25) is 4.99 Å². The first-order valence-electron chi connectivity index (χ1n) is 6.93. The summed E-state index contributed by atoms with van der Waals surface area (Å²) in [5, 5.41) is 6.64. The highest BCUT2D eigenvalue weighted by Crippen LogP contribution is 2.20. The van der Waals surface area contributed by atoms with E-state index >= 15 is 0 Å². The number of guanidine groups is 1. The Kier molecular flexibility index (Phi) is 8.81. The average Bonchev–Trinajstić information content (AvgIpc) is 2.31. The summed E-state index contributed by atoms with van der Waals surface area (Å²) in [6, 6.07) is 0. The van der Waals surface area contributed by atoms with E-state index in [0.29, 0.717) is 0 Å². The van der Waals surface area contributed by atoms with Gasteiger partial charge in [0.15, 0.2) is 5.96 Å². The lowest BCUT2D eigenvalue weighted by molar-refractivity contribution is 0.0205. The van der Waals surface area contributed by atoms with Crippen molar-refractivity contribution in [3.63, 3.8) is 0 Å². The Labute approximate surface area is 113 Å². The van der Waals surface area contributed by atoms with Crippen LogP contribution in [-0.4, -0.2) is 39.3 Å². The minimum absolute atomic E-state index is 0.128. The maximum absolute atomic E-state index is 5.51. The molecule has 0 aliphatic rings. The van der Waals surface area contributed by atoms with E-state index in [1.807, 2.05) is 0 Å². The average molecular weight is 257 g/mol. The standard InChI is InChI=1S/C14H31N3O/c1-7-8-9-10-16-13(15-5)17-11-12(18-6)14(2,3)4/h12H,7-11H2,1-6H3,(H2,15,16,17). The topological polar surface area (TPSA) is 45.7 Å². The monoisotopic (exact) mass is 257 g/mol. The third kappa shape index (κ3) is 7.54. The molecule has 18 heavy (non-hydrogen) atoms. The van der Waals surface area contributed by atoms with Crippen LogP contribution in [-0.2, 0) is 4.74 Å². The molecule has 0 amide bonds. The van der Waals surface area contributed by atoms with Gasteiger partial charge in [0, 0.05) is 27.2 Å². The second kappa shape index (κ2) is 9.20. The van der Waals surface area contributed by atoms with E-state index in [9.17, 15) is 0 Å². The highest BCUT2D eigenvalue weighted by atomic mass is 16.5. The summed E-state index contributed by atoms with van der Waals surface area (Å²) in [6.07, 6.45) is 3.85. The van der Waals surface area contributed by atoms with Crippen molar-refractivity contribution in [3.8, 4) is 0 Å². The van der Waals surface area contributed by atoms with Crippen molar-refractivity contribution in [2.24, 2.45) is 10.4 Å². The van der Waals surface area contributed by atoms with Crippen LogP contribution in [0.4, 0.5) is 0 Å². The maximum Gasteiger partial charge on any atom is 0.191 e. The first kappa shape index (κ1) is 17.2. The van der Waals surface area contributed by atoms with Crippen LogP contribution in [0.5, 0.6) is 0 Å². The van der Waals surface area contributed by atoms with Crippen molar-refractivity contribution in [1.82, 2.24) is 10.6 Å². The quantitative estimate of drug-likeness (QED) is 0.418. The fourth-order valence-electron chi connectivity index (χ4n) is 1.73. The summed E-state index contributed by atoms with van der Waals surface area (Å²) in [7, 11) is 3.56. The van der Waals surface area contributed by atoms with Gasteiger partial charge in [-0.25, -0.2) is 0 Å². The van der Waals surface area contributed by atoms with Crippen molar-refractivity contribution >= 4 is 5.96 Å². The zero-order valence-electron chi connectivity index (χ0n) is 13.0. The summed E-state index contributed by atoms with van der Waals surface area (Å²) in [6.45, 7) is 10.5. The summed E-state index contributed by atoms with van der Waals surface area (Å²) in [5.74, 6) is 0.859. The van der Waals surface area contributed by atoms with Crippen LogP contribution >= 0.6 is 0 Å². The zero-order chi connectivity index (χ0) is 14.0. The molecular formula is C14H31N3O. The Hall–Kier alpha value is -0.770. The lowest BCUT2D eigenvalue weighted by Gasteiger charge is -2.30. The van der Waals surface area contributed by atoms with Crippen molar-refractivity contribution in [1.29, 1.82) is 0 Å². The minimum Gasteiger partial charge on any atom is -0.379 e. The molecule has 108 valence electrons. The fraction of sp³-hybridized carbons (Fsp3) is 0.929.